The van der Waals surface area contributed by atoms with E-state index in [9.17, 15) is 0 Å². The summed E-state index contributed by atoms with van der Waals surface area (Å²) in [5, 5.41) is 1.30. The van der Waals surface area contributed by atoms with Crippen LogP contribution >= 0.6 is 0 Å². The van der Waals surface area contributed by atoms with Gasteiger partial charge in [-0.25, -0.2) is 0 Å². The topological polar surface area (TPSA) is 15.8 Å². The lowest BCUT2D eigenvalue weighted by atomic mass is 10.1. The molecule has 0 bridgehead atoms. The molecule has 13 heavy (non-hydrogen) atoms. The van der Waals surface area contributed by atoms with Gasteiger partial charge < -0.3 is 4.98 Å². The molecule has 0 aliphatic heterocycles. The van der Waals surface area contributed by atoms with Crippen molar-refractivity contribution < 1.29 is 0 Å². The maximum absolute atomic E-state index is 3.41. The second-order valence-corrected chi connectivity index (χ2v) is 3.77. The number of nitrogens with one attached hydrogen (secondary N) is 1. The fourth-order valence-corrected chi connectivity index (χ4v) is 1.61. The van der Waals surface area contributed by atoms with Gasteiger partial charge in [-0.05, 0) is 29.9 Å². The molecular formula is C12H14N. The van der Waals surface area contributed by atoms with Gasteiger partial charge in [0.25, 0.3) is 0 Å². The fraction of sp³-hybridized carbons (Fsp3) is 0.250. The van der Waals surface area contributed by atoms with Gasteiger partial charge in [-0.3, -0.25) is 0 Å². The van der Waals surface area contributed by atoms with E-state index in [-0.39, 0.29) is 0 Å². The fourth-order valence-electron chi connectivity index (χ4n) is 1.61. The summed E-state index contributed by atoms with van der Waals surface area (Å²) in [5.41, 5.74) is 2.54. The lowest BCUT2D eigenvalue weighted by molar-refractivity contribution is 0.931. The van der Waals surface area contributed by atoms with Gasteiger partial charge in [-0.15, -0.1) is 0 Å². The van der Waals surface area contributed by atoms with Crippen LogP contribution in [-0.2, 0) is 6.42 Å². The Kier molecular flexibility index (Phi) is 2.09. The van der Waals surface area contributed by atoms with E-state index in [2.05, 4.69) is 49.2 Å². The van der Waals surface area contributed by atoms with Crippen LogP contribution in [0.15, 0.2) is 30.3 Å². The van der Waals surface area contributed by atoms with E-state index >= 15 is 0 Å². The van der Waals surface area contributed by atoms with Gasteiger partial charge in [0.1, 0.15) is 0 Å². The summed E-state index contributed by atoms with van der Waals surface area (Å²) in [6.45, 7) is 4.32. The molecule has 0 saturated carbocycles. The summed E-state index contributed by atoms with van der Waals surface area (Å²) in [6, 6.07) is 10.6. The third-order valence-corrected chi connectivity index (χ3v) is 2.13. The molecule has 0 amide bonds. The van der Waals surface area contributed by atoms with Crippen LogP contribution in [0.1, 0.15) is 19.5 Å². The first-order valence-corrected chi connectivity index (χ1v) is 4.61. The highest BCUT2D eigenvalue weighted by Gasteiger charge is 2.01. The van der Waals surface area contributed by atoms with Crippen LogP contribution in [0.25, 0.3) is 10.9 Å². The van der Waals surface area contributed by atoms with Crippen molar-refractivity contribution in [3.05, 3.63) is 41.9 Å². The summed E-state index contributed by atoms with van der Waals surface area (Å²) in [7, 11) is 0. The Labute approximate surface area is 78.8 Å². The molecule has 0 atom stereocenters. The van der Waals surface area contributed by atoms with E-state index in [0.717, 1.165) is 6.42 Å². The summed E-state index contributed by atoms with van der Waals surface area (Å²) >= 11 is 0. The van der Waals surface area contributed by atoms with Crippen LogP contribution < -0.4 is 0 Å². The lowest BCUT2D eigenvalue weighted by Crippen LogP contribution is -1.90. The summed E-state index contributed by atoms with van der Waals surface area (Å²) < 4.78 is 0. The molecule has 0 aliphatic rings. The van der Waals surface area contributed by atoms with Crippen molar-refractivity contribution in [1.29, 1.82) is 0 Å². The summed E-state index contributed by atoms with van der Waals surface area (Å²) in [6.07, 6.45) is 1.05. The molecule has 0 unspecified atom stereocenters. The van der Waals surface area contributed by atoms with Crippen LogP contribution in [0.5, 0.6) is 0 Å². The zero-order valence-electron chi connectivity index (χ0n) is 8.09. The molecule has 1 heteroatoms. The molecule has 1 aromatic carbocycles. The quantitative estimate of drug-likeness (QED) is 0.715. The molecule has 1 aromatic heterocycles. The third-order valence-electron chi connectivity index (χ3n) is 2.13. The van der Waals surface area contributed by atoms with Crippen molar-refractivity contribution in [2.24, 2.45) is 0 Å². The minimum Gasteiger partial charge on any atom is -0.358 e. The molecule has 0 saturated heterocycles. The minimum atomic E-state index is 1.05. The highest BCUT2D eigenvalue weighted by atomic mass is 14.7. The monoisotopic (exact) mass is 172 g/mol. The Morgan fingerprint density at radius 3 is 2.69 bits per heavy atom. The number of hydrogen-bond acceptors (Lipinski definition) is 0. The maximum atomic E-state index is 3.41. The highest BCUT2D eigenvalue weighted by Crippen LogP contribution is 2.17. The van der Waals surface area contributed by atoms with E-state index in [4.69, 9.17) is 0 Å². The molecule has 2 rings (SSSR count). The smallest absolute Gasteiger partial charge is 0.0456 e. The number of benzene rings is 1. The minimum absolute atomic E-state index is 1.05. The second-order valence-electron chi connectivity index (χ2n) is 3.77. The number of fused-ring (bicyclic) bond motifs is 1. The largest absolute Gasteiger partial charge is 0.358 e. The number of rotatable bonds is 2. The molecule has 1 N–H and O–H groups in total. The van der Waals surface area contributed by atoms with E-state index in [1.807, 2.05) is 0 Å². The van der Waals surface area contributed by atoms with Crippen molar-refractivity contribution in [2.45, 2.75) is 20.3 Å². The predicted octanol–water partition coefficient (Wildman–Crippen LogP) is 3.32. The first-order chi connectivity index (χ1) is 6.25. The van der Waals surface area contributed by atoms with Gasteiger partial charge in [0.15, 0.2) is 0 Å². The SMILES string of the molecule is C[C](C)Cc1cc2ccccc2[nH]1. The normalized spacial score (nSPS) is 11.3. The first kappa shape index (κ1) is 8.36. The van der Waals surface area contributed by atoms with Gasteiger partial charge in [-0.1, -0.05) is 32.0 Å². The van der Waals surface area contributed by atoms with Gasteiger partial charge in [-0.2, -0.15) is 0 Å². The molecule has 0 fully saturated rings. The van der Waals surface area contributed by atoms with Crippen molar-refractivity contribution in [3.8, 4) is 0 Å². The molecule has 0 aliphatic carbocycles. The number of aromatic nitrogens is 1. The van der Waals surface area contributed by atoms with Gasteiger partial charge in [0.05, 0.1) is 0 Å². The van der Waals surface area contributed by atoms with Crippen molar-refractivity contribution in [1.82, 2.24) is 4.98 Å². The average molecular weight is 172 g/mol. The molecule has 1 heterocycles. The molecule has 1 nitrogen and oxygen atoms in total. The molecule has 2 aromatic rings. The Morgan fingerprint density at radius 1 is 1.23 bits per heavy atom. The Hall–Kier alpha value is -1.24. The Balaban J connectivity index is 2.38. The zero-order chi connectivity index (χ0) is 9.26. The molecule has 67 valence electrons. The van der Waals surface area contributed by atoms with Crippen LogP contribution in [0.3, 0.4) is 0 Å². The number of hydrogen-bond donors (Lipinski definition) is 1. The predicted molar refractivity (Wildman–Crippen MR) is 56.6 cm³/mol. The Bertz CT molecular complexity index is 365. The zero-order valence-corrected chi connectivity index (χ0v) is 8.09. The average Bonchev–Trinajstić information content (AvgIpc) is 2.44. The van der Waals surface area contributed by atoms with E-state index < -0.39 is 0 Å². The maximum Gasteiger partial charge on any atom is 0.0456 e. The van der Waals surface area contributed by atoms with Gasteiger partial charge in [0, 0.05) is 11.2 Å². The molecule has 0 spiro atoms. The summed E-state index contributed by atoms with van der Waals surface area (Å²) in [5.74, 6) is 1.44. The Morgan fingerprint density at radius 2 is 2.00 bits per heavy atom. The van der Waals surface area contributed by atoms with E-state index in [1.54, 1.807) is 0 Å². The summed E-state index contributed by atoms with van der Waals surface area (Å²) in [4.78, 5) is 3.41. The molecular weight excluding hydrogens is 158 g/mol. The van der Waals surface area contributed by atoms with Crippen LogP contribution in [0.4, 0.5) is 0 Å². The standard InChI is InChI=1S/C12H14N/c1-9(2)7-11-8-10-5-3-4-6-12(10)13-11/h3-6,8,13H,7H2,1-2H3. The van der Waals surface area contributed by atoms with Gasteiger partial charge in [0.2, 0.25) is 0 Å². The van der Waals surface area contributed by atoms with Gasteiger partial charge >= 0.3 is 0 Å². The van der Waals surface area contributed by atoms with Crippen molar-refractivity contribution in [2.75, 3.05) is 0 Å². The van der Waals surface area contributed by atoms with Crippen LogP contribution in [-0.4, -0.2) is 4.98 Å². The van der Waals surface area contributed by atoms with E-state index in [1.165, 1.54) is 22.5 Å². The lowest BCUT2D eigenvalue weighted by Gasteiger charge is -1.99. The van der Waals surface area contributed by atoms with Crippen molar-refractivity contribution >= 4 is 10.9 Å². The van der Waals surface area contributed by atoms with Crippen LogP contribution in [0, 0.1) is 5.92 Å². The third kappa shape index (κ3) is 1.74. The first-order valence-electron chi connectivity index (χ1n) is 4.61. The number of H-pyrrole nitrogens is 1. The second kappa shape index (κ2) is 3.25. The van der Waals surface area contributed by atoms with Crippen LogP contribution in [0.2, 0.25) is 0 Å². The number of para-hydroxylation sites is 1. The van der Waals surface area contributed by atoms with Crippen molar-refractivity contribution in [3.63, 3.8) is 0 Å². The number of aromatic amines is 1. The van der Waals surface area contributed by atoms with E-state index in [0.29, 0.717) is 0 Å². The molecule has 1 radical (unpaired) electrons. The highest BCUT2D eigenvalue weighted by molar-refractivity contribution is 5.80.